The Hall–Kier alpha value is -1.89. The highest BCUT2D eigenvalue weighted by Crippen LogP contribution is 2.29. The zero-order valence-electron chi connectivity index (χ0n) is 14.5. The summed E-state index contributed by atoms with van der Waals surface area (Å²) in [6, 6.07) is 1.56. The fraction of sp³-hybridized carbons (Fsp3) is 0.588. The van der Waals surface area contributed by atoms with E-state index in [0.717, 1.165) is 12.1 Å². The highest BCUT2D eigenvalue weighted by Gasteiger charge is 2.29. The lowest BCUT2D eigenvalue weighted by atomic mass is 9.93. The molecule has 7 heteroatoms. The zero-order valence-corrected chi connectivity index (χ0v) is 14.5. The van der Waals surface area contributed by atoms with Crippen LogP contribution in [0.25, 0.3) is 0 Å². The van der Waals surface area contributed by atoms with E-state index in [1.54, 1.807) is 20.8 Å². The van der Waals surface area contributed by atoms with Gasteiger partial charge in [-0.3, -0.25) is 0 Å². The van der Waals surface area contributed by atoms with Gasteiger partial charge in [-0.25, -0.2) is 13.6 Å². The SMILES string of the molecule is CC1(NC(=O)Nc2cc(F)c(OC(C)(C)C)c(F)c2)CCOCC1. The van der Waals surface area contributed by atoms with Gasteiger partial charge in [0.15, 0.2) is 17.4 Å². The monoisotopic (exact) mass is 342 g/mol. The maximum Gasteiger partial charge on any atom is 0.319 e. The van der Waals surface area contributed by atoms with E-state index >= 15 is 0 Å². The van der Waals surface area contributed by atoms with Crippen LogP contribution in [-0.4, -0.2) is 30.4 Å². The molecular formula is C17H24F2N2O3. The molecule has 1 aromatic carbocycles. The second kappa shape index (κ2) is 6.93. The maximum atomic E-state index is 14.1. The lowest BCUT2D eigenvalue weighted by Gasteiger charge is -2.34. The first-order valence-electron chi connectivity index (χ1n) is 7.93. The van der Waals surface area contributed by atoms with Crippen LogP contribution in [0.5, 0.6) is 5.75 Å². The minimum Gasteiger partial charge on any atom is -0.482 e. The van der Waals surface area contributed by atoms with Gasteiger partial charge in [0.05, 0.1) is 0 Å². The molecule has 2 amide bonds. The lowest BCUT2D eigenvalue weighted by Crippen LogP contribution is -2.51. The van der Waals surface area contributed by atoms with Crippen LogP contribution >= 0.6 is 0 Å². The normalized spacial score (nSPS) is 17.2. The van der Waals surface area contributed by atoms with E-state index in [0.29, 0.717) is 26.1 Å². The predicted molar refractivity (Wildman–Crippen MR) is 87.4 cm³/mol. The van der Waals surface area contributed by atoms with Crippen LogP contribution in [0.1, 0.15) is 40.5 Å². The number of halogens is 2. The van der Waals surface area contributed by atoms with Crippen molar-refractivity contribution in [1.82, 2.24) is 5.32 Å². The van der Waals surface area contributed by atoms with Crippen LogP contribution in [-0.2, 0) is 4.74 Å². The molecule has 1 fully saturated rings. The molecule has 2 N–H and O–H groups in total. The largest absolute Gasteiger partial charge is 0.482 e. The molecule has 5 nitrogen and oxygen atoms in total. The van der Waals surface area contributed by atoms with Crippen LogP contribution in [0.2, 0.25) is 0 Å². The lowest BCUT2D eigenvalue weighted by molar-refractivity contribution is 0.0499. The Morgan fingerprint density at radius 3 is 2.25 bits per heavy atom. The van der Waals surface area contributed by atoms with Crippen LogP contribution in [0, 0.1) is 11.6 Å². The summed E-state index contributed by atoms with van der Waals surface area (Å²) in [5, 5.41) is 5.29. The van der Waals surface area contributed by atoms with E-state index in [4.69, 9.17) is 9.47 Å². The Kier molecular flexibility index (Phi) is 5.32. The van der Waals surface area contributed by atoms with Gasteiger partial charge in [-0.2, -0.15) is 0 Å². The molecule has 1 heterocycles. The van der Waals surface area contributed by atoms with Crippen LogP contribution in [0.3, 0.4) is 0 Å². The van der Waals surface area contributed by atoms with Gasteiger partial charge in [-0.15, -0.1) is 0 Å². The molecule has 0 spiro atoms. The third-order valence-corrected chi connectivity index (χ3v) is 3.68. The third-order valence-electron chi connectivity index (χ3n) is 3.68. The van der Waals surface area contributed by atoms with Crippen LogP contribution in [0.15, 0.2) is 12.1 Å². The molecule has 0 bridgehead atoms. The number of carbonyl (C=O) groups excluding carboxylic acids is 1. The van der Waals surface area contributed by atoms with E-state index < -0.39 is 34.6 Å². The van der Waals surface area contributed by atoms with Gasteiger partial charge in [0.2, 0.25) is 0 Å². The molecule has 1 saturated heterocycles. The molecule has 0 aliphatic carbocycles. The van der Waals surface area contributed by atoms with Gasteiger partial charge in [0.25, 0.3) is 0 Å². The molecule has 2 rings (SSSR count). The molecular weight excluding hydrogens is 318 g/mol. The molecule has 1 aromatic rings. The first kappa shape index (κ1) is 18.4. The Balaban J connectivity index is 2.06. The number of anilines is 1. The van der Waals surface area contributed by atoms with E-state index in [2.05, 4.69) is 10.6 Å². The predicted octanol–water partition coefficient (Wildman–Crippen LogP) is 3.83. The van der Waals surface area contributed by atoms with E-state index in [9.17, 15) is 13.6 Å². The van der Waals surface area contributed by atoms with Crippen LogP contribution < -0.4 is 15.4 Å². The highest BCUT2D eigenvalue weighted by molar-refractivity contribution is 5.89. The van der Waals surface area contributed by atoms with E-state index in [-0.39, 0.29) is 5.69 Å². The number of rotatable bonds is 3. The maximum absolute atomic E-state index is 14.1. The average Bonchev–Trinajstić information content (AvgIpc) is 2.42. The average molecular weight is 342 g/mol. The minimum atomic E-state index is -0.863. The van der Waals surface area contributed by atoms with Gasteiger partial charge < -0.3 is 20.1 Å². The topological polar surface area (TPSA) is 59.6 Å². The summed E-state index contributed by atoms with van der Waals surface area (Å²) in [6.45, 7) is 8.13. The summed E-state index contributed by atoms with van der Waals surface area (Å²) in [7, 11) is 0. The van der Waals surface area contributed by atoms with Crippen molar-refractivity contribution in [2.75, 3.05) is 18.5 Å². The molecule has 0 radical (unpaired) electrons. The quantitative estimate of drug-likeness (QED) is 0.877. The summed E-state index contributed by atoms with van der Waals surface area (Å²) in [5.74, 6) is -2.18. The van der Waals surface area contributed by atoms with E-state index in [1.165, 1.54) is 0 Å². The Morgan fingerprint density at radius 1 is 1.21 bits per heavy atom. The Morgan fingerprint density at radius 2 is 1.75 bits per heavy atom. The number of urea groups is 1. The van der Waals surface area contributed by atoms with Gasteiger partial charge in [-0.1, -0.05) is 0 Å². The van der Waals surface area contributed by atoms with Crippen molar-refractivity contribution in [3.05, 3.63) is 23.8 Å². The molecule has 0 aromatic heterocycles. The zero-order chi connectivity index (χ0) is 18.0. The summed E-state index contributed by atoms with van der Waals surface area (Å²) in [6.07, 6.45) is 1.36. The van der Waals surface area contributed by atoms with Gasteiger partial charge in [0.1, 0.15) is 5.60 Å². The highest BCUT2D eigenvalue weighted by atomic mass is 19.1. The van der Waals surface area contributed by atoms with Crippen LogP contribution in [0.4, 0.5) is 19.3 Å². The minimum absolute atomic E-state index is 0.0272. The van der Waals surface area contributed by atoms with Crippen molar-refractivity contribution in [3.8, 4) is 5.75 Å². The molecule has 134 valence electrons. The van der Waals surface area contributed by atoms with E-state index in [1.807, 2.05) is 6.92 Å². The smallest absolute Gasteiger partial charge is 0.319 e. The number of nitrogens with one attached hydrogen (secondary N) is 2. The summed E-state index contributed by atoms with van der Waals surface area (Å²) >= 11 is 0. The number of carbonyl (C=O) groups is 1. The number of ether oxygens (including phenoxy) is 2. The number of hydrogen-bond acceptors (Lipinski definition) is 3. The molecule has 0 atom stereocenters. The van der Waals surface area contributed by atoms with Crippen molar-refractivity contribution < 1.29 is 23.0 Å². The standard InChI is InChI=1S/C17H24F2N2O3/c1-16(2,3)24-14-12(18)9-11(10-13(14)19)20-15(22)21-17(4)5-7-23-8-6-17/h9-10H,5-8H2,1-4H3,(H2,20,21,22). The molecule has 1 aliphatic heterocycles. The fourth-order valence-corrected chi connectivity index (χ4v) is 2.42. The summed E-state index contributed by atoms with van der Waals surface area (Å²) in [5.41, 5.74) is -1.10. The van der Waals surface area contributed by atoms with Gasteiger partial charge in [-0.05, 0) is 40.5 Å². The second-order valence-electron chi connectivity index (χ2n) is 7.24. The summed E-state index contributed by atoms with van der Waals surface area (Å²) in [4.78, 5) is 12.1. The molecule has 24 heavy (non-hydrogen) atoms. The molecule has 0 saturated carbocycles. The van der Waals surface area contributed by atoms with Gasteiger partial charge in [0, 0.05) is 36.6 Å². The Labute approximate surface area is 140 Å². The number of benzene rings is 1. The first-order chi connectivity index (χ1) is 11.1. The van der Waals surface area contributed by atoms with Crippen molar-refractivity contribution in [3.63, 3.8) is 0 Å². The number of hydrogen-bond donors (Lipinski definition) is 2. The van der Waals surface area contributed by atoms with Crippen molar-refractivity contribution in [1.29, 1.82) is 0 Å². The van der Waals surface area contributed by atoms with Crippen molar-refractivity contribution >= 4 is 11.7 Å². The molecule has 0 unspecified atom stereocenters. The molecule has 1 aliphatic rings. The number of amides is 2. The summed E-state index contributed by atoms with van der Waals surface area (Å²) < 4.78 is 38.7. The second-order valence-corrected chi connectivity index (χ2v) is 7.24. The fourth-order valence-electron chi connectivity index (χ4n) is 2.42. The van der Waals surface area contributed by atoms with Crippen molar-refractivity contribution in [2.45, 2.75) is 51.7 Å². The third kappa shape index (κ3) is 5.06. The Bertz CT molecular complexity index is 585. The van der Waals surface area contributed by atoms with Crippen molar-refractivity contribution in [2.24, 2.45) is 0 Å². The first-order valence-corrected chi connectivity index (χ1v) is 7.93. The van der Waals surface area contributed by atoms with Gasteiger partial charge >= 0.3 is 6.03 Å².